The average molecular weight is 275 g/mol. The lowest BCUT2D eigenvalue weighted by Crippen LogP contribution is -2.42. The Kier molecular flexibility index (Phi) is 5.32. The molecule has 1 fully saturated rings. The molecule has 0 amide bonds. The third-order valence-corrected chi connectivity index (χ3v) is 3.91. The van der Waals surface area contributed by atoms with E-state index in [0.717, 1.165) is 43.7 Å². The molecule has 0 radical (unpaired) electrons. The van der Waals surface area contributed by atoms with Gasteiger partial charge in [0.05, 0.1) is 12.6 Å². The first-order valence-electron chi connectivity index (χ1n) is 7.54. The number of benzene rings is 1. The number of Topliss-reactive ketones (excluding diaryl/α,β-unsaturated/α-hetero) is 1. The highest BCUT2D eigenvalue weighted by molar-refractivity contribution is 5.99. The normalized spacial score (nSPS) is 20.1. The van der Waals surface area contributed by atoms with Crippen molar-refractivity contribution in [3.63, 3.8) is 0 Å². The Morgan fingerprint density at radius 1 is 1.40 bits per heavy atom. The quantitative estimate of drug-likeness (QED) is 0.774. The number of carbonyl (C=O) groups excluding carboxylic acids is 1. The molecule has 1 saturated heterocycles. The van der Waals surface area contributed by atoms with Crippen LogP contribution in [-0.4, -0.2) is 43.0 Å². The molecule has 1 aliphatic heterocycles. The standard InChI is InChI=1S/C17H25NO2/c1-4-20-15-6-5-9-18(11-15)12-17(19)16-8-7-13(2)10-14(16)3/h7-8,10,15H,4-6,9,11-12H2,1-3H3. The summed E-state index contributed by atoms with van der Waals surface area (Å²) >= 11 is 0. The van der Waals surface area contributed by atoms with E-state index in [9.17, 15) is 4.79 Å². The molecule has 110 valence electrons. The zero-order valence-electron chi connectivity index (χ0n) is 12.8. The van der Waals surface area contributed by atoms with E-state index >= 15 is 0 Å². The summed E-state index contributed by atoms with van der Waals surface area (Å²) in [6.45, 7) is 9.24. The number of rotatable bonds is 5. The van der Waals surface area contributed by atoms with Gasteiger partial charge < -0.3 is 4.74 Å². The van der Waals surface area contributed by atoms with Crippen molar-refractivity contribution >= 4 is 5.78 Å². The maximum absolute atomic E-state index is 12.4. The van der Waals surface area contributed by atoms with Crippen LogP contribution in [0.2, 0.25) is 0 Å². The van der Waals surface area contributed by atoms with Crippen LogP contribution in [0.1, 0.15) is 41.3 Å². The molecule has 0 aromatic heterocycles. The first kappa shape index (κ1) is 15.2. The van der Waals surface area contributed by atoms with Gasteiger partial charge >= 0.3 is 0 Å². The van der Waals surface area contributed by atoms with Gasteiger partial charge in [-0.15, -0.1) is 0 Å². The van der Waals surface area contributed by atoms with Crippen LogP contribution in [0.25, 0.3) is 0 Å². The van der Waals surface area contributed by atoms with Crippen molar-refractivity contribution < 1.29 is 9.53 Å². The van der Waals surface area contributed by atoms with E-state index in [1.807, 2.05) is 26.0 Å². The average Bonchev–Trinajstić information content (AvgIpc) is 2.39. The number of ketones is 1. The number of piperidine rings is 1. The van der Waals surface area contributed by atoms with Gasteiger partial charge in [0.1, 0.15) is 0 Å². The van der Waals surface area contributed by atoms with Crippen LogP contribution in [0.5, 0.6) is 0 Å². The lowest BCUT2D eigenvalue weighted by atomic mass is 10.0. The molecule has 0 N–H and O–H groups in total. The molecule has 1 aromatic rings. The van der Waals surface area contributed by atoms with Gasteiger partial charge in [-0.2, -0.15) is 0 Å². The summed E-state index contributed by atoms with van der Waals surface area (Å²) in [5.74, 6) is 0.222. The highest BCUT2D eigenvalue weighted by Gasteiger charge is 2.22. The molecule has 20 heavy (non-hydrogen) atoms. The van der Waals surface area contributed by atoms with E-state index in [0.29, 0.717) is 12.6 Å². The second-order valence-electron chi connectivity index (χ2n) is 5.70. The Morgan fingerprint density at radius 2 is 2.20 bits per heavy atom. The Balaban J connectivity index is 1.97. The molecule has 1 aromatic carbocycles. The van der Waals surface area contributed by atoms with Crippen LogP contribution in [0, 0.1) is 13.8 Å². The van der Waals surface area contributed by atoms with Crippen molar-refractivity contribution in [3.8, 4) is 0 Å². The van der Waals surface area contributed by atoms with Crippen molar-refractivity contribution in [3.05, 3.63) is 34.9 Å². The number of hydrogen-bond acceptors (Lipinski definition) is 3. The summed E-state index contributed by atoms with van der Waals surface area (Å²) in [7, 11) is 0. The molecule has 1 atom stereocenters. The first-order valence-corrected chi connectivity index (χ1v) is 7.54. The minimum atomic E-state index is 0.222. The highest BCUT2D eigenvalue weighted by atomic mass is 16.5. The second kappa shape index (κ2) is 7.00. The number of nitrogens with zero attached hydrogens (tertiary/aromatic N) is 1. The molecule has 0 saturated carbocycles. The van der Waals surface area contributed by atoms with Gasteiger partial charge in [-0.1, -0.05) is 23.8 Å². The third-order valence-electron chi connectivity index (χ3n) is 3.91. The van der Waals surface area contributed by atoms with Crippen LogP contribution in [-0.2, 0) is 4.74 Å². The first-order chi connectivity index (χ1) is 9.60. The lowest BCUT2D eigenvalue weighted by Gasteiger charge is -2.32. The summed E-state index contributed by atoms with van der Waals surface area (Å²) in [6.07, 6.45) is 2.52. The Bertz CT molecular complexity index is 468. The van der Waals surface area contributed by atoms with Crippen LogP contribution in [0.15, 0.2) is 18.2 Å². The van der Waals surface area contributed by atoms with Gasteiger partial charge in [0.2, 0.25) is 0 Å². The molecule has 1 unspecified atom stereocenters. The number of likely N-dealkylation sites (tertiary alicyclic amines) is 1. The molecular formula is C17H25NO2. The van der Waals surface area contributed by atoms with Crippen molar-refractivity contribution in [2.75, 3.05) is 26.2 Å². The fourth-order valence-electron chi connectivity index (χ4n) is 2.94. The number of aryl methyl sites for hydroxylation is 2. The maximum Gasteiger partial charge on any atom is 0.177 e. The monoisotopic (exact) mass is 275 g/mol. The summed E-state index contributed by atoms with van der Waals surface area (Å²) in [4.78, 5) is 14.7. The topological polar surface area (TPSA) is 29.5 Å². The van der Waals surface area contributed by atoms with E-state index in [2.05, 4.69) is 17.9 Å². The van der Waals surface area contributed by atoms with Crippen LogP contribution in [0.3, 0.4) is 0 Å². The molecule has 3 heteroatoms. The Hall–Kier alpha value is -1.19. The molecule has 0 aliphatic carbocycles. The summed E-state index contributed by atoms with van der Waals surface area (Å²) in [5.41, 5.74) is 3.14. The van der Waals surface area contributed by atoms with E-state index in [1.54, 1.807) is 0 Å². The van der Waals surface area contributed by atoms with E-state index in [1.165, 1.54) is 5.56 Å². The second-order valence-corrected chi connectivity index (χ2v) is 5.70. The van der Waals surface area contributed by atoms with Crippen LogP contribution >= 0.6 is 0 Å². The lowest BCUT2D eigenvalue weighted by molar-refractivity contribution is 0.00718. The summed E-state index contributed by atoms with van der Waals surface area (Å²) in [5, 5.41) is 0. The maximum atomic E-state index is 12.4. The number of hydrogen-bond donors (Lipinski definition) is 0. The number of ether oxygens (including phenoxy) is 1. The van der Waals surface area contributed by atoms with Crippen molar-refractivity contribution in [2.45, 2.75) is 39.7 Å². The van der Waals surface area contributed by atoms with Gasteiger partial charge in [-0.25, -0.2) is 0 Å². The van der Waals surface area contributed by atoms with Gasteiger partial charge in [0.15, 0.2) is 5.78 Å². The molecule has 1 heterocycles. The smallest absolute Gasteiger partial charge is 0.177 e. The van der Waals surface area contributed by atoms with Gasteiger partial charge in [-0.05, 0) is 45.7 Å². The SMILES string of the molecule is CCOC1CCCN(CC(=O)c2ccc(C)cc2C)C1. The van der Waals surface area contributed by atoms with Gasteiger partial charge in [-0.3, -0.25) is 9.69 Å². The molecule has 1 aliphatic rings. The zero-order chi connectivity index (χ0) is 14.5. The van der Waals surface area contributed by atoms with Crippen LogP contribution in [0.4, 0.5) is 0 Å². The minimum Gasteiger partial charge on any atom is -0.377 e. The van der Waals surface area contributed by atoms with Crippen LogP contribution < -0.4 is 0 Å². The van der Waals surface area contributed by atoms with Crippen molar-refractivity contribution in [2.24, 2.45) is 0 Å². The molecule has 3 nitrogen and oxygen atoms in total. The summed E-state index contributed by atoms with van der Waals surface area (Å²) in [6, 6.07) is 6.04. The predicted octanol–water partition coefficient (Wildman–Crippen LogP) is 2.99. The Morgan fingerprint density at radius 3 is 2.90 bits per heavy atom. The Labute approximate surface area is 121 Å². The molecule has 0 bridgehead atoms. The fourth-order valence-corrected chi connectivity index (χ4v) is 2.94. The van der Waals surface area contributed by atoms with Gasteiger partial charge in [0, 0.05) is 18.7 Å². The summed E-state index contributed by atoms with van der Waals surface area (Å²) < 4.78 is 5.69. The third kappa shape index (κ3) is 3.90. The highest BCUT2D eigenvalue weighted by Crippen LogP contribution is 2.16. The van der Waals surface area contributed by atoms with E-state index in [-0.39, 0.29) is 5.78 Å². The number of carbonyl (C=O) groups is 1. The minimum absolute atomic E-state index is 0.222. The zero-order valence-corrected chi connectivity index (χ0v) is 12.8. The van der Waals surface area contributed by atoms with Crippen molar-refractivity contribution in [1.29, 1.82) is 0 Å². The molecule has 2 rings (SSSR count). The molecule has 0 spiro atoms. The van der Waals surface area contributed by atoms with E-state index < -0.39 is 0 Å². The van der Waals surface area contributed by atoms with E-state index in [4.69, 9.17) is 4.74 Å². The largest absolute Gasteiger partial charge is 0.377 e. The predicted molar refractivity (Wildman–Crippen MR) is 81.3 cm³/mol. The fraction of sp³-hybridized carbons (Fsp3) is 0.588. The van der Waals surface area contributed by atoms with Crippen molar-refractivity contribution in [1.82, 2.24) is 4.90 Å². The molecular weight excluding hydrogens is 250 g/mol. The van der Waals surface area contributed by atoms with Gasteiger partial charge in [0.25, 0.3) is 0 Å².